The van der Waals surface area contributed by atoms with Crippen LogP contribution in [0, 0.1) is 0 Å². The molecule has 0 aromatic carbocycles. The lowest BCUT2D eigenvalue weighted by Gasteiger charge is -2.13. The highest BCUT2D eigenvalue weighted by atomic mass is 32.2. The largest absolute Gasteiger partial charge is 0.480 e. The number of esters is 1. The molecule has 0 heterocycles. The number of carbonyl (C=O) groups excluding carboxylic acids is 1. The predicted molar refractivity (Wildman–Crippen MR) is 50.7 cm³/mol. The Morgan fingerprint density at radius 2 is 1.94 bits per heavy atom. The Kier molecular flexibility index (Phi) is 5.96. The second-order valence-corrected chi connectivity index (χ2v) is 4.61. The van der Waals surface area contributed by atoms with Gasteiger partial charge in [-0.3, -0.25) is 9.59 Å². The van der Waals surface area contributed by atoms with Crippen molar-refractivity contribution in [2.45, 2.75) is 24.6 Å². The molecule has 0 rings (SSSR count). The number of nitrogens with one attached hydrogen (secondary N) is 1. The van der Waals surface area contributed by atoms with Crippen LogP contribution in [0.1, 0.15) is 12.8 Å². The van der Waals surface area contributed by atoms with Gasteiger partial charge in [-0.15, -0.1) is 0 Å². The summed E-state index contributed by atoms with van der Waals surface area (Å²) < 4.78 is 50.9. The summed E-state index contributed by atoms with van der Waals surface area (Å²) in [6.07, 6.45) is -0.882. The van der Waals surface area contributed by atoms with Crippen molar-refractivity contribution in [3.8, 4) is 0 Å². The first-order valence-electron chi connectivity index (χ1n) is 4.29. The molecule has 0 radical (unpaired) electrons. The van der Waals surface area contributed by atoms with E-state index in [-0.39, 0.29) is 0 Å². The van der Waals surface area contributed by atoms with E-state index >= 15 is 0 Å². The molecule has 0 aliphatic heterocycles. The van der Waals surface area contributed by atoms with E-state index in [0.717, 1.165) is 7.11 Å². The smallest absolute Gasteiger partial charge is 0.350 e. The summed E-state index contributed by atoms with van der Waals surface area (Å²) in [6, 6.07) is -1.80. The van der Waals surface area contributed by atoms with E-state index in [1.54, 1.807) is 0 Å². The average molecular weight is 275 g/mol. The molecule has 0 aromatic heterocycles. The standard InChI is InChI=1S/C7H11F2NO6S/c1-16-5(11)3-2-4(6(12)13)10-17(14,15)7(8)9/h4,7,10H,2-3H2,1H3,(H,12,13). The number of hydrogen-bond acceptors (Lipinski definition) is 5. The molecule has 0 spiro atoms. The first-order chi connectivity index (χ1) is 7.70. The summed E-state index contributed by atoms with van der Waals surface area (Å²) in [5.41, 5.74) is 0. The highest BCUT2D eigenvalue weighted by molar-refractivity contribution is 7.89. The second kappa shape index (κ2) is 6.45. The number of carboxylic acid groups (broad SMARTS) is 1. The molecule has 0 bridgehead atoms. The fourth-order valence-electron chi connectivity index (χ4n) is 0.847. The summed E-state index contributed by atoms with van der Waals surface area (Å²) in [5.74, 6) is -6.16. The molecule has 0 aliphatic rings. The van der Waals surface area contributed by atoms with Crippen molar-refractivity contribution in [1.29, 1.82) is 0 Å². The van der Waals surface area contributed by atoms with Crippen molar-refractivity contribution in [1.82, 2.24) is 4.72 Å². The molecule has 10 heteroatoms. The van der Waals surface area contributed by atoms with Gasteiger partial charge in [-0.25, -0.2) is 8.42 Å². The molecule has 1 unspecified atom stereocenters. The summed E-state index contributed by atoms with van der Waals surface area (Å²) >= 11 is 0. The van der Waals surface area contributed by atoms with Crippen LogP contribution in [-0.2, 0) is 24.3 Å². The van der Waals surface area contributed by atoms with E-state index in [0.29, 0.717) is 0 Å². The monoisotopic (exact) mass is 275 g/mol. The number of carbonyl (C=O) groups is 2. The maximum absolute atomic E-state index is 12.0. The Bertz CT molecular complexity index is 382. The average Bonchev–Trinajstić information content (AvgIpc) is 2.22. The zero-order valence-electron chi connectivity index (χ0n) is 8.72. The molecule has 1 atom stereocenters. The molecule has 17 heavy (non-hydrogen) atoms. The van der Waals surface area contributed by atoms with Crippen LogP contribution in [0.15, 0.2) is 0 Å². The number of carboxylic acids is 1. The van der Waals surface area contributed by atoms with Gasteiger partial charge in [-0.2, -0.15) is 13.5 Å². The lowest BCUT2D eigenvalue weighted by Crippen LogP contribution is -2.43. The lowest BCUT2D eigenvalue weighted by atomic mass is 10.2. The van der Waals surface area contributed by atoms with Crippen LogP contribution in [0.3, 0.4) is 0 Å². The van der Waals surface area contributed by atoms with Crippen LogP contribution >= 0.6 is 0 Å². The number of methoxy groups -OCH3 is 1. The van der Waals surface area contributed by atoms with Gasteiger partial charge in [0, 0.05) is 6.42 Å². The van der Waals surface area contributed by atoms with Crippen molar-refractivity contribution in [3.05, 3.63) is 0 Å². The molecule has 0 aromatic rings. The van der Waals surface area contributed by atoms with Crippen LogP contribution in [-0.4, -0.2) is 44.4 Å². The van der Waals surface area contributed by atoms with Gasteiger partial charge >= 0.3 is 17.7 Å². The van der Waals surface area contributed by atoms with Gasteiger partial charge in [0.2, 0.25) is 0 Å². The number of aliphatic carboxylic acids is 1. The normalized spacial score (nSPS) is 13.4. The molecule has 0 amide bonds. The molecule has 2 N–H and O–H groups in total. The molecular weight excluding hydrogens is 264 g/mol. The topological polar surface area (TPSA) is 110 Å². The number of sulfonamides is 1. The van der Waals surface area contributed by atoms with Crippen molar-refractivity contribution < 1.29 is 36.6 Å². The van der Waals surface area contributed by atoms with E-state index in [4.69, 9.17) is 5.11 Å². The molecule has 0 saturated heterocycles. The Balaban J connectivity index is 4.57. The fraction of sp³-hybridized carbons (Fsp3) is 0.714. The lowest BCUT2D eigenvalue weighted by molar-refractivity contribution is -0.142. The Labute approximate surface area is 95.8 Å². The van der Waals surface area contributed by atoms with Gasteiger partial charge in [0.15, 0.2) is 0 Å². The fourth-order valence-corrected chi connectivity index (χ4v) is 1.56. The third-order valence-corrected chi connectivity index (χ3v) is 2.79. The third kappa shape index (κ3) is 5.54. The van der Waals surface area contributed by atoms with Gasteiger partial charge in [0.1, 0.15) is 6.04 Å². The molecular formula is C7H11F2NO6S. The van der Waals surface area contributed by atoms with Crippen LogP contribution in [0.4, 0.5) is 8.78 Å². The first kappa shape index (κ1) is 15.7. The Morgan fingerprint density at radius 1 is 1.41 bits per heavy atom. The minimum atomic E-state index is -5.01. The summed E-state index contributed by atoms with van der Waals surface area (Å²) in [7, 11) is -3.96. The number of alkyl halides is 2. The van der Waals surface area contributed by atoms with Gasteiger partial charge in [0.25, 0.3) is 10.0 Å². The van der Waals surface area contributed by atoms with Crippen LogP contribution in [0.2, 0.25) is 0 Å². The van der Waals surface area contributed by atoms with E-state index in [1.807, 2.05) is 0 Å². The number of rotatable bonds is 7. The van der Waals surface area contributed by atoms with Gasteiger partial charge < -0.3 is 9.84 Å². The highest BCUT2D eigenvalue weighted by Crippen LogP contribution is 2.07. The van der Waals surface area contributed by atoms with Crippen molar-refractivity contribution >= 4 is 22.0 Å². The molecule has 100 valence electrons. The van der Waals surface area contributed by atoms with Crippen LogP contribution in [0.5, 0.6) is 0 Å². The first-order valence-corrected chi connectivity index (χ1v) is 5.84. The Hall–Kier alpha value is -1.29. The summed E-state index contributed by atoms with van der Waals surface area (Å²) in [6.45, 7) is 0. The number of hydrogen-bond donors (Lipinski definition) is 2. The van der Waals surface area contributed by atoms with E-state index in [2.05, 4.69) is 4.74 Å². The van der Waals surface area contributed by atoms with Crippen LogP contribution in [0.25, 0.3) is 0 Å². The third-order valence-electron chi connectivity index (χ3n) is 1.70. The van der Waals surface area contributed by atoms with E-state index in [9.17, 15) is 26.8 Å². The summed E-state index contributed by atoms with van der Waals surface area (Å²) in [5, 5.41) is 8.58. The van der Waals surface area contributed by atoms with Crippen molar-refractivity contribution in [3.63, 3.8) is 0 Å². The quantitative estimate of drug-likeness (QED) is 0.608. The molecule has 0 aliphatic carbocycles. The number of halogens is 2. The molecule has 0 saturated carbocycles. The molecule has 7 nitrogen and oxygen atoms in total. The SMILES string of the molecule is COC(=O)CCC(NS(=O)(=O)C(F)F)C(=O)O. The maximum atomic E-state index is 12.0. The van der Waals surface area contributed by atoms with E-state index in [1.165, 1.54) is 4.72 Å². The minimum Gasteiger partial charge on any atom is -0.480 e. The second-order valence-electron chi connectivity index (χ2n) is 2.93. The van der Waals surface area contributed by atoms with Gasteiger partial charge in [-0.1, -0.05) is 0 Å². The van der Waals surface area contributed by atoms with E-state index < -0.39 is 46.6 Å². The highest BCUT2D eigenvalue weighted by Gasteiger charge is 2.30. The minimum absolute atomic E-state index is 0.404. The summed E-state index contributed by atoms with van der Waals surface area (Å²) in [4.78, 5) is 21.3. The van der Waals surface area contributed by atoms with Crippen molar-refractivity contribution in [2.24, 2.45) is 0 Å². The maximum Gasteiger partial charge on any atom is 0.350 e. The van der Waals surface area contributed by atoms with Crippen LogP contribution < -0.4 is 4.72 Å². The molecule has 0 fully saturated rings. The predicted octanol–water partition coefficient (Wildman–Crippen LogP) is -0.465. The zero-order chi connectivity index (χ0) is 13.6. The number of ether oxygens (including phenoxy) is 1. The van der Waals surface area contributed by atoms with Gasteiger partial charge in [0.05, 0.1) is 7.11 Å². The van der Waals surface area contributed by atoms with Crippen molar-refractivity contribution in [2.75, 3.05) is 7.11 Å². The zero-order valence-corrected chi connectivity index (χ0v) is 9.54. The Morgan fingerprint density at radius 3 is 2.29 bits per heavy atom. The van der Waals surface area contributed by atoms with Gasteiger partial charge in [-0.05, 0) is 6.42 Å².